The Balaban J connectivity index is 1.93. The number of nitrogens with one attached hydrogen (secondary N) is 2. The Morgan fingerprint density at radius 3 is 3.00 bits per heavy atom. The molecule has 0 aliphatic carbocycles. The molecular formula is C14H13N5O. The van der Waals surface area contributed by atoms with Crippen molar-refractivity contribution < 1.29 is 0 Å². The van der Waals surface area contributed by atoms with Gasteiger partial charge in [0, 0.05) is 18.4 Å². The third-order valence-electron chi connectivity index (χ3n) is 2.91. The van der Waals surface area contributed by atoms with Crippen LogP contribution >= 0.6 is 0 Å². The number of fused-ring (bicyclic) bond motifs is 1. The topological polar surface area (TPSA) is 96.7 Å². The highest BCUT2D eigenvalue weighted by Crippen LogP contribution is 2.16. The minimum Gasteiger partial charge on any atom is -0.399 e. The number of nitrogens with two attached hydrogens (primary N) is 1. The van der Waals surface area contributed by atoms with Gasteiger partial charge in [-0.1, -0.05) is 12.1 Å². The molecule has 6 heteroatoms. The number of aromatic amines is 1. The van der Waals surface area contributed by atoms with Crippen molar-refractivity contribution >= 4 is 22.5 Å². The van der Waals surface area contributed by atoms with Crippen LogP contribution in [0.15, 0.2) is 47.4 Å². The van der Waals surface area contributed by atoms with Gasteiger partial charge in [0.15, 0.2) is 0 Å². The summed E-state index contributed by atoms with van der Waals surface area (Å²) in [6.45, 7) is 0.533. The van der Waals surface area contributed by atoms with Crippen LogP contribution < -0.4 is 16.7 Å². The van der Waals surface area contributed by atoms with Crippen molar-refractivity contribution in [2.45, 2.75) is 6.54 Å². The molecule has 6 nitrogen and oxygen atoms in total. The fourth-order valence-corrected chi connectivity index (χ4v) is 2.01. The highest BCUT2D eigenvalue weighted by Gasteiger charge is 2.05. The summed E-state index contributed by atoms with van der Waals surface area (Å²) in [6, 6.07) is 11.2. The van der Waals surface area contributed by atoms with Crippen molar-refractivity contribution in [2.75, 3.05) is 11.1 Å². The van der Waals surface area contributed by atoms with E-state index in [0.717, 1.165) is 10.9 Å². The second kappa shape index (κ2) is 5.00. The van der Waals surface area contributed by atoms with Gasteiger partial charge in [0.2, 0.25) is 0 Å². The molecule has 2 heterocycles. The highest BCUT2D eigenvalue weighted by atomic mass is 16.1. The van der Waals surface area contributed by atoms with Gasteiger partial charge in [-0.15, -0.1) is 0 Å². The summed E-state index contributed by atoms with van der Waals surface area (Å²) in [7, 11) is 0. The van der Waals surface area contributed by atoms with Crippen molar-refractivity contribution in [1.29, 1.82) is 0 Å². The maximum Gasteiger partial charge on any atom is 0.348 e. The maximum atomic E-state index is 11.5. The molecule has 0 atom stereocenters. The Hall–Kier alpha value is -2.89. The van der Waals surface area contributed by atoms with Crippen molar-refractivity contribution in [3.05, 3.63) is 58.6 Å². The summed E-state index contributed by atoms with van der Waals surface area (Å²) < 4.78 is 0. The second-order valence-corrected chi connectivity index (χ2v) is 4.39. The average molecular weight is 267 g/mol. The number of rotatable bonds is 3. The summed E-state index contributed by atoms with van der Waals surface area (Å²) in [5, 5.41) is 3.92. The van der Waals surface area contributed by atoms with Crippen LogP contribution in [0, 0.1) is 0 Å². The summed E-state index contributed by atoms with van der Waals surface area (Å²) in [4.78, 5) is 22.2. The van der Waals surface area contributed by atoms with Gasteiger partial charge in [-0.3, -0.25) is 4.98 Å². The normalized spacial score (nSPS) is 10.6. The first-order chi connectivity index (χ1) is 9.72. The maximum absolute atomic E-state index is 11.5. The number of benzene rings is 1. The molecule has 20 heavy (non-hydrogen) atoms. The molecule has 1 aromatic carbocycles. The smallest absolute Gasteiger partial charge is 0.348 e. The first-order valence-corrected chi connectivity index (χ1v) is 6.16. The molecule has 4 N–H and O–H groups in total. The van der Waals surface area contributed by atoms with E-state index in [0.29, 0.717) is 23.7 Å². The van der Waals surface area contributed by atoms with E-state index in [4.69, 9.17) is 5.73 Å². The SMILES string of the molecule is Nc1cccc(CNc2nc(=O)[nH]c3ncccc23)c1. The van der Waals surface area contributed by atoms with Gasteiger partial charge in [-0.05, 0) is 29.8 Å². The van der Waals surface area contributed by atoms with Crippen LogP contribution in [0.3, 0.4) is 0 Å². The number of H-pyrrole nitrogens is 1. The lowest BCUT2D eigenvalue weighted by molar-refractivity contribution is 1.05. The first-order valence-electron chi connectivity index (χ1n) is 6.16. The predicted molar refractivity (Wildman–Crippen MR) is 78.3 cm³/mol. The Morgan fingerprint density at radius 2 is 2.15 bits per heavy atom. The van der Waals surface area contributed by atoms with Crippen LogP contribution in [-0.4, -0.2) is 15.0 Å². The van der Waals surface area contributed by atoms with E-state index in [1.807, 2.05) is 30.3 Å². The van der Waals surface area contributed by atoms with E-state index in [9.17, 15) is 4.79 Å². The number of nitrogen functional groups attached to an aromatic ring is 1. The lowest BCUT2D eigenvalue weighted by Crippen LogP contribution is -2.14. The molecule has 0 spiro atoms. The lowest BCUT2D eigenvalue weighted by Gasteiger charge is -2.08. The Bertz CT molecular complexity index is 812. The van der Waals surface area contributed by atoms with Crippen molar-refractivity contribution in [3.63, 3.8) is 0 Å². The van der Waals surface area contributed by atoms with E-state index in [1.165, 1.54) is 0 Å². The number of hydrogen-bond acceptors (Lipinski definition) is 5. The third-order valence-corrected chi connectivity index (χ3v) is 2.91. The van der Waals surface area contributed by atoms with Crippen LogP contribution in [0.2, 0.25) is 0 Å². The zero-order valence-electron chi connectivity index (χ0n) is 10.6. The van der Waals surface area contributed by atoms with Crippen LogP contribution in [0.1, 0.15) is 5.56 Å². The largest absolute Gasteiger partial charge is 0.399 e. The van der Waals surface area contributed by atoms with Gasteiger partial charge in [-0.25, -0.2) is 9.78 Å². The standard InChI is InChI=1S/C14H13N5O/c15-10-4-1-3-9(7-10)8-17-13-11-5-2-6-16-12(11)18-14(20)19-13/h1-7H,8,15H2,(H2,16,17,18,19,20). The van der Waals surface area contributed by atoms with Gasteiger partial charge >= 0.3 is 5.69 Å². The molecule has 0 aliphatic rings. The molecule has 0 unspecified atom stereocenters. The zero-order valence-corrected chi connectivity index (χ0v) is 10.6. The summed E-state index contributed by atoms with van der Waals surface area (Å²) in [6.07, 6.45) is 1.62. The Labute approximate surface area is 114 Å². The van der Waals surface area contributed by atoms with E-state index in [1.54, 1.807) is 12.3 Å². The Kier molecular flexibility index (Phi) is 3.04. The second-order valence-electron chi connectivity index (χ2n) is 4.39. The minimum atomic E-state index is -0.425. The zero-order chi connectivity index (χ0) is 13.9. The van der Waals surface area contributed by atoms with Crippen LogP contribution in [0.5, 0.6) is 0 Å². The molecule has 0 radical (unpaired) electrons. The van der Waals surface area contributed by atoms with Crippen molar-refractivity contribution in [2.24, 2.45) is 0 Å². The predicted octanol–water partition coefficient (Wildman–Crippen LogP) is 1.51. The molecule has 100 valence electrons. The van der Waals surface area contributed by atoms with Crippen molar-refractivity contribution in [3.8, 4) is 0 Å². The number of pyridine rings is 1. The fraction of sp³-hybridized carbons (Fsp3) is 0.0714. The van der Waals surface area contributed by atoms with Crippen molar-refractivity contribution in [1.82, 2.24) is 15.0 Å². The third kappa shape index (κ3) is 2.44. The molecule has 3 rings (SSSR count). The van der Waals surface area contributed by atoms with E-state index >= 15 is 0 Å². The van der Waals surface area contributed by atoms with E-state index in [2.05, 4.69) is 20.3 Å². The van der Waals surface area contributed by atoms with E-state index in [-0.39, 0.29) is 0 Å². The molecule has 2 aromatic heterocycles. The average Bonchev–Trinajstić information content (AvgIpc) is 2.44. The number of nitrogens with zero attached hydrogens (tertiary/aromatic N) is 2. The fourth-order valence-electron chi connectivity index (χ4n) is 2.01. The van der Waals surface area contributed by atoms with Gasteiger partial charge in [0.05, 0.1) is 5.39 Å². The quantitative estimate of drug-likeness (QED) is 0.625. The monoisotopic (exact) mass is 267 g/mol. The van der Waals surface area contributed by atoms with E-state index < -0.39 is 5.69 Å². The molecule has 0 saturated heterocycles. The Morgan fingerprint density at radius 1 is 1.25 bits per heavy atom. The van der Waals surface area contributed by atoms with Gasteiger partial charge in [0.25, 0.3) is 0 Å². The molecule has 0 fully saturated rings. The summed E-state index contributed by atoms with van der Waals surface area (Å²) in [5.74, 6) is 0.513. The first kappa shape index (κ1) is 12.2. The van der Waals surface area contributed by atoms with Gasteiger partial charge in [-0.2, -0.15) is 4.98 Å². The summed E-state index contributed by atoms with van der Waals surface area (Å²) in [5.41, 5.74) is 7.55. The molecule has 0 aliphatic heterocycles. The van der Waals surface area contributed by atoms with Crippen LogP contribution in [-0.2, 0) is 6.54 Å². The molecular weight excluding hydrogens is 254 g/mol. The van der Waals surface area contributed by atoms with Crippen LogP contribution in [0.25, 0.3) is 11.0 Å². The number of hydrogen-bond donors (Lipinski definition) is 3. The molecule has 0 saturated carbocycles. The lowest BCUT2D eigenvalue weighted by atomic mass is 10.2. The number of anilines is 2. The van der Waals surface area contributed by atoms with Crippen LogP contribution in [0.4, 0.5) is 11.5 Å². The molecule has 0 amide bonds. The van der Waals surface area contributed by atoms with Gasteiger partial charge < -0.3 is 11.1 Å². The number of aromatic nitrogens is 3. The highest BCUT2D eigenvalue weighted by molar-refractivity contribution is 5.85. The minimum absolute atomic E-state index is 0.425. The van der Waals surface area contributed by atoms with Gasteiger partial charge in [0.1, 0.15) is 11.5 Å². The molecule has 0 bridgehead atoms. The molecule has 3 aromatic rings. The summed E-state index contributed by atoms with van der Waals surface area (Å²) >= 11 is 0.